The van der Waals surface area contributed by atoms with E-state index in [-0.39, 0.29) is 18.6 Å². The molecule has 2 aromatic rings. The topological polar surface area (TPSA) is 70.5 Å². The van der Waals surface area contributed by atoms with Crippen molar-refractivity contribution in [3.63, 3.8) is 0 Å². The summed E-state index contributed by atoms with van der Waals surface area (Å²) in [6.07, 6.45) is 4.58. The van der Waals surface area contributed by atoms with Crippen molar-refractivity contribution in [2.45, 2.75) is 64.6 Å². The molecule has 0 atom stereocenters. The number of urea groups is 1. The minimum atomic E-state index is -0.679. The highest BCUT2D eigenvalue weighted by Crippen LogP contribution is 2.33. The van der Waals surface area contributed by atoms with Crippen LogP contribution >= 0.6 is 11.6 Å². The van der Waals surface area contributed by atoms with E-state index < -0.39 is 5.54 Å². The SMILES string of the molecule is Cc1nn(Cc2ccccc2Cl)c(C)c1CN(C)CN1C(=O)NC2(CCCCC2)C1=O. The Labute approximate surface area is 188 Å². The number of rotatable bonds is 6. The van der Waals surface area contributed by atoms with Gasteiger partial charge in [-0.1, -0.05) is 49.1 Å². The number of hydrogen-bond donors (Lipinski definition) is 1. The van der Waals surface area contributed by atoms with Crippen LogP contribution in [0.4, 0.5) is 4.79 Å². The molecule has 166 valence electrons. The first kappa shape index (κ1) is 21.8. The minimum absolute atomic E-state index is 0.0769. The second-order valence-electron chi connectivity index (χ2n) is 8.86. The number of halogens is 1. The van der Waals surface area contributed by atoms with Crippen LogP contribution < -0.4 is 5.32 Å². The summed E-state index contributed by atoms with van der Waals surface area (Å²) in [4.78, 5) is 29.0. The van der Waals surface area contributed by atoms with E-state index in [1.54, 1.807) is 0 Å². The zero-order valence-electron chi connectivity index (χ0n) is 18.4. The van der Waals surface area contributed by atoms with E-state index in [2.05, 4.69) is 5.32 Å². The first-order chi connectivity index (χ1) is 14.8. The maximum Gasteiger partial charge on any atom is 0.326 e. The molecule has 2 heterocycles. The van der Waals surface area contributed by atoms with Crippen molar-refractivity contribution in [3.8, 4) is 0 Å². The standard InChI is InChI=1S/C23H30ClN5O2/c1-16-19(17(2)29(26-16)13-18-9-5-6-10-20(18)24)14-27(3)15-28-21(30)23(25-22(28)31)11-7-4-8-12-23/h5-6,9-10H,4,7-8,11-15H2,1-3H3,(H,25,31). The third-order valence-electron chi connectivity index (χ3n) is 6.57. The van der Waals surface area contributed by atoms with E-state index >= 15 is 0 Å². The van der Waals surface area contributed by atoms with E-state index in [4.69, 9.17) is 16.7 Å². The third kappa shape index (κ3) is 4.21. The molecule has 7 nitrogen and oxygen atoms in total. The number of amides is 3. The predicted molar refractivity (Wildman–Crippen MR) is 120 cm³/mol. The van der Waals surface area contributed by atoms with Gasteiger partial charge in [0.05, 0.1) is 18.9 Å². The van der Waals surface area contributed by atoms with E-state index in [9.17, 15) is 9.59 Å². The van der Waals surface area contributed by atoms with Crippen molar-refractivity contribution in [2.24, 2.45) is 0 Å². The monoisotopic (exact) mass is 443 g/mol. The Morgan fingerprint density at radius 1 is 1.16 bits per heavy atom. The Hall–Kier alpha value is -2.38. The van der Waals surface area contributed by atoms with Crippen LogP contribution in [0.5, 0.6) is 0 Å². The Morgan fingerprint density at radius 3 is 2.58 bits per heavy atom. The van der Waals surface area contributed by atoms with E-state index in [1.807, 2.05) is 54.7 Å². The Balaban J connectivity index is 1.45. The average molecular weight is 444 g/mol. The molecule has 1 aromatic carbocycles. The number of hydrogen-bond acceptors (Lipinski definition) is 4. The summed E-state index contributed by atoms with van der Waals surface area (Å²) in [6, 6.07) is 7.50. The van der Waals surface area contributed by atoms with Gasteiger partial charge in [-0.25, -0.2) is 9.69 Å². The first-order valence-electron chi connectivity index (χ1n) is 10.9. The van der Waals surface area contributed by atoms with Crippen LogP contribution in [0.1, 0.15) is 54.6 Å². The van der Waals surface area contributed by atoms with Gasteiger partial charge in [0.2, 0.25) is 0 Å². The summed E-state index contributed by atoms with van der Waals surface area (Å²) in [5.41, 5.74) is 3.45. The van der Waals surface area contributed by atoms with Crippen LogP contribution in [-0.2, 0) is 17.9 Å². The summed E-state index contributed by atoms with van der Waals surface area (Å²) in [5.74, 6) is -0.0769. The van der Waals surface area contributed by atoms with Gasteiger partial charge in [-0.2, -0.15) is 5.10 Å². The Bertz CT molecular complexity index is 996. The van der Waals surface area contributed by atoms with E-state index in [1.165, 1.54) is 4.90 Å². The van der Waals surface area contributed by atoms with Gasteiger partial charge < -0.3 is 5.32 Å². The zero-order valence-corrected chi connectivity index (χ0v) is 19.2. The zero-order chi connectivity index (χ0) is 22.2. The lowest BCUT2D eigenvalue weighted by molar-refractivity contribution is -0.133. The van der Waals surface area contributed by atoms with Crippen molar-refractivity contribution in [2.75, 3.05) is 13.7 Å². The summed E-state index contributed by atoms with van der Waals surface area (Å²) in [5, 5.41) is 8.41. The fraction of sp³-hybridized carbons (Fsp3) is 0.522. The molecule has 2 aliphatic rings. The fourth-order valence-corrected chi connectivity index (χ4v) is 4.96. The molecule has 31 heavy (non-hydrogen) atoms. The average Bonchev–Trinajstić information content (AvgIpc) is 3.12. The molecule has 0 bridgehead atoms. The maximum absolute atomic E-state index is 13.0. The van der Waals surface area contributed by atoms with Crippen LogP contribution in [0.15, 0.2) is 24.3 Å². The van der Waals surface area contributed by atoms with E-state index in [0.717, 1.165) is 59.6 Å². The predicted octanol–water partition coefficient (Wildman–Crippen LogP) is 3.85. The number of aromatic nitrogens is 2. The van der Waals surface area contributed by atoms with Crippen molar-refractivity contribution in [3.05, 3.63) is 51.8 Å². The third-order valence-corrected chi connectivity index (χ3v) is 6.94. The second kappa shape index (κ2) is 8.63. The van der Waals surface area contributed by atoms with Gasteiger partial charge in [0.15, 0.2) is 0 Å². The van der Waals surface area contributed by atoms with Crippen molar-refractivity contribution < 1.29 is 9.59 Å². The molecule has 1 aromatic heterocycles. The summed E-state index contributed by atoms with van der Waals surface area (Å²) in [7, 11) is 1.93. The van der Waals surface area contributed by atoms with Gasteiger partial charge in [-0.15, -0.1) is 0 Å². The van der Waals surface area contributed by atoms with Gasteiger partial charge in [-0.3, -0.25) is 14.4 Å². The number of benzene rings is 1. The number of aryl methyl sites for hydroxylation is 1. The lowest BCUT2D eigenvalue weighted by Crippen LogP contribution is -2.48. The molecule has 1 spiro atoms. The smallest absolute Gasteiger partial charge is 0.323 e. The highest BCUT2D eigenvalue weighted by atomic mass is 35.5. The number of nitrogens with zero attached hydrogens (tertiary/aromatic N) is 4. The van der Waals surface area contributed by atoms with Gasteiger partial charge in [0.25, 0.3) is 5.91 Å². The van der Waals surface area contributed by atoms with Gasteiger partial charge in [-0.05, 0) is 45.4 Å². The lowest BCUT2D eigenvalue weighted by Gasteiger charge is -2.31. The molecule has 1 saturated heterocycles. The molecular weight excluding hydrogens is 414 g/mol. The first-order valence-corrected chi connectivity index (χ1v) is 11.3. The molecule has 0 radical (unpaired) electrons. The highest BCUT2D eigenvalue weighted by molar-refractivity contribution is 6.31. The lowest BCUT2D eigenvalue weighted by atomic mass is 9.82. The quantitative estimate of drug-likeness (QED) is 0.688. The number of nitrogens with one attached hydrogen (secondary N) is 1. The van der Waals surface area contributed by atoms with E-state index in [0.29, 0.717) is 13.1 Å². The molecular formula is C23H30ClN5O2. The van der Waals surface area contributed by atoms with Crippen LogP contribution in [-0.4, -0.2) is 50.8 Å². The van der Waals surface area contributed by atoms with Crippen LogP contribution in [0.25, 0.3) is 0 Å². The largest absolute Gasteiger partial charge is 0.326 e. The molecule has 1 aliphatic heterocycles. The molecule has 1 saturated carbocycles. The Morgan fingerprint density at radius 2 is 1.87 bits per heavy atom. The van der Waals surface area contributed by atoms with Gasteiger partial charge in [0, 0.05) is 22.8 Å². The number of imide groups is 1. The number of carbonyl (C=O) groups is 2. The van der Waals surface area contributed by atoms with Crippen LogP contribution in [0.3, 0.4) is 0 Å². The molecule has 8 heteroatoms. The molecule has 4 rings (SSSR count). The van der Waals surface area contributed by atoms with Crippen LogP contribution in [0.2, 0.25) is 5.02 Å². The van der Waals surface area contributed by atoms with Crippen molar-refractivity contribution in [1.29, 1.82) is 0 Å². The summed E-state index contributed by atoms with van der Waals surface area (Å²) in [6.45, 7) is 5.51. The van der Waals surface area contributed by atoms with Crippen molar-refractivity contribution >= 4 is 23.5 Å². The molecule has 2 fully saturated rings. The van der Waals surface area contributed by atoms with Crippen molar-refractivity contribution in [1.82, 2.24) is 24.9 Å². The second-order valence-corrected chi connectivity index (χ2v) is 9.27. The molecule has 3 amide bonds. The molecule has 1 N–H and O–H groups in total. The fourth-order valence-electron chi connectivity index (χ4n) is 4.76. The number of carbonyl (C=O) groups excluding carboxylic acids is 2. The van der Waals surface area contributed by atoms with Gasteiger partial charge in [0.1, 0.15) is 5.54 Å². The minimum Gasteiger partial charge on any atom is -0.323 e. The maximum atomic E-state index is 13.0. The van der Waals surface area contributed by atoms with Crippen LogP contribution in [0, 0.1) is 13.8 Å². The Kier molecular flexibility index (Phi) is 6.08. The molecule has 1 aliphatic carbocycles. The summed E-state index contributed by atoms with van der Waals surface area (Å²) < 4.78 is 1.96. The summed E-state index contributed by atoms with van der Waals surface area (Å²) >= 11 is 6.32. The molecule has 0 unspecified atom stereocenters. The highest BCUT2D eigenvalue weighted by Gasteiger charge is 2.51. The van der Waals surface area contributed by atoms with Gasteiger partial charge >= 0.3 is 6.03 Å². The normalized spacial score (nSPS) is 18.3.